The van der Waals surface area contributed by atoms with Gasteiger partial charge in [-0.05, 0) is 42.0 Å². The van der Waals surface area contributed by atoms with Gasteiger partial charge < -0.3 is 9.88 Å². The average Bonchev–Trinajstić information content (AvgIpc) is 2.94. The van der Waals surface area contributed by atoms with E-state index in [1.54, 1.807) is 15.9 Å². The van der Waals surface area contributed by atoms with E-state index in [-0.39, 0.29) is 5.91 Å². The van der Waals surface area contributed by atoms with Crippen molar-refractivity contribution in [3.05, 3.63) is 47.4 Å². The predicted molar refractivity (Wildman–Crippen MR) is 77.7 cm³/mol. The van der Waals surface area contributed by atoms with Crippen LogP contribution in [0.25, 0.3) is 10.1 Å². The highest BCUT2D eigenvalue weighted by Crippen LogP contribution is 2.24. The van der Waals surface area contributed by atoms with E-state index in [9.17, 15) is 4.79 Å². The second-order valence-corrected chi connectivity index (χ2v) is 5.39. The first-order valence-electron chi connectivity index (χ1n) is 5.92. The van der Waals surface area contributed by atoms with Gasteiger partial charge in [0.15, 0.2) is 5.82 Å². The third kappa shape index (κ3) is 2.24. The molecule has 2 heterocycles. The summed E-state index contributed by atoms with van der Waals surface area (Å²) in [6.45, 7) is 1.87. The number of hydrogen-bond donors (Lipinski definition) is 1. The first-order chi connectivity index (χ1) is 9.13. The van der Waals surface area contributed by atoms with Crippen molar-refractivity contribution in [2.45, 2.75) is 6.92 Å². The minimum absolute atomic E-state index is 0.190. The molecule has 0 aliphatic carbocycles. The van der Waals surface area contributed by atoms with E-state index in [1.807, 2.05) is 49.8 Å². The zero-order valence-corrected chi connectivity index (χ0v) is 11.5. The first kappa shape index (κ1) is 11.9. The van der Waals surface area contributed by atoms with Crippen molar-refractivity contribution >= 4 is 33.0 Å². The summed E-state index contributed by atoms with van der Waals surface area (Å²) < 4.78 is 2.94. The van der Waals surface area contributed by atoms with Crippen LogP contribution in [0.15, 0.2) is 35.8 Å². The molecule has 0 atom stereocenters. The maximum Gasteiger partial charge on any atom is 0.291 e. The zero-order chi connectivity index (χ0) is 13.4. The first-order valence-corrected chi connectivity index (χ1v) is 6.80. The largest absolute Gasteiger partial charge is 0.330 e. The molecule has 96 valence electrons. The summed E-state index contributed by atoms with van der Waals surface area (Å²) in [6.07, 6.45) is 1.83. The maximum absolute atomic E-state index is 12.1. The summed E-state index contributed by atoms with van der Waals surface area (Å²) in [5.74, 6) is 0.230. The van der Waals surface area contributed by atoms with Crippen LogP contribution in [0, 0.1) is 6.92 Å². The van der Waals surface area contributed by atoms with Crippen molar-refractivity contribution in [1.29, 1.82) is 0 Å². The molecule has 3 rings (SSSR count). The monoisotopic (exact) mass is 271 g/mol. The summed E-state index contributed by atoms with van der Waals surface area (Å²) in [5.41, 5.74) is 1.62. The lowest BCUT2D eigenvalue weighted by Gasteiger charge is -2.05. The molecule has 0 saturated carbocycles. The molecule has 0 radical (unpaired) electrons. The zero-order valence-electron chi connectivity index (χ0n) is 10.7. The molecule has 0 bridgehead atoms. The minimum Gasteiger partial charge on any atom is -0.330 e. The fourth-order valence-electron chi connectivity index (χ4n) is 2.06. The number of anilines is 1. The van der Waals surface area contributed by atoms with Crippen LogP contribution in [0.2, 0.25) is 0 Å². The molecule has 0 aliphatic rings. The summed E-state index contributed by atoms with van der Waals surface area (Å²) in [6, 6.07) is 7.94. The molecule has 0 fully saturated rings. The van der Waals surface area contributed by atoms with Crippen molar-refractivity contribution in [3.8, 4) is 0 Å². The number of nitrogens with zero attached hydrogens (tertiary/aromatic N) is 2. The molecular weight excluding hydrogens is 258 g/mol. The van der Waals surface area contributed by atoms with Gasteiger partial charge in [-0.1, -0.05) is 0 Å². The van der Waals surface area contributed by atoms with Gasteiger partial charge in [-0.15, -0.1) is 11.3 Å². The van der Waals surface area contributed by atoms with Crippen LogP contribution in [-0.2, 0) is 7.05 Å². The predicted octanol–water partition coefficient (Wildman–Crippen LogP) is 3.20. The third-order valence-corrected chi connectivity index (χ3v) is 3.81. The number of thiophene rings is 1. The molecule has 1 amide bonds. The van der Waals surface area contributed by atoms with Crippen LogP contribution in [0.5, 0.6) is 0 Å². The topological polar surface area (TPSA) is 46.9 Å². The number of nitrogens with one attached hydrogen (secondary N) is 1. The number of fused-ring (bicyclic) bond motifs is 1. The normalized spacial score (nSPS) is 10.8. The number of imidazole rings is 1. The van der Waals surface area contributed by atoms with Crippen molar-refractivity contribution in [3.63, 3.8) is 0 Å². The van der Waals surface area contributed by atoms with Crippen molar-refractivity contribution in [2.24, 2.45) is 7.05 Å². The molecule has 1 N–H and O–H groups in total. The lowest BCUT2D eigenvalue weighted by atomic mass is 10.2. The van der Waals surface area contributed by atoms with Crippen LogP contribution in [0.1, 0.15) is 16.3 Å². The Morgan fingerprint density at radius 1 is 1.37 bits per heavy atom. The SMILES string of the molecule is Cc1cn(C)c(C(=O)Nc2ccc3sccc3c2)n1. The highest BCUT2D eigenvalue weighted by atomic mass is 32.1. The standard InChI is InChI=1S/C14H13N3OS/c1-9-8-17(2)13(15-9)14(18)16-11-3-4-12-10(7-11)5-6-19-12/h3-8H,1-2H3,(H,16,18). The fraction of sp³-hybridized carbons (Fsp3) is 0.143. The highest BCUT2D eigenvalue weighted by molar-refractivity contribution is 7.17. The maximum atomic E-state index is 12.1. The van der Waals surface area contributed by atoms with E-state index < -0.39 is 0 Å². The van der Waals surface area contributed by atoms with Crippen LogP contribution in [0.4, 0.5) is 5.69 Å². The third-order valence-electron chi connectivity index (χ3n) is 2.91. The number of carbonyl (C=O) groups is 1. The molecule has 3 aromatic rings. The number of carbonyl (C=O) groups excluding carboxylic acids is 1. The molecule has 0 aliphatic heterocycles. The lowest BCUT2D eigenvalue weighted by molar-refractivity contribution is 0.101. The molecule has 0 saturated heterocycles. The summed E-state index contributed by atoms with van der Waals surface area (Å²) in [7, 11) is 1.82. The molecule has 2 aromatic heterocycles. The van der Waals surface area contributed by atoms with E-state index >= 15 is 0 Å². The van der Waals surface area contributed by atoms with E-state index in [4.69, 9.17) is 0 Å². The molecule has 1 aromatic carbocycles. The molecular formula is C14H13N3OS. The molecule has 0 spiro atoms. The smallest absolute Gasteiger partial charge is 0.291 e. The second-order valence-electron chi connectivity index (χ2n) is 4.44. The van der Waals surface area contributed by atoms with Crippen molar-refractivity contribution in [2.75, 3.05) is 5.32 Å². The van der Waals surface area contributed by atoms with Crippen LogP contribution >= 0.6 is 11.3 Å². The van der Waals surface area contributed by atoms with Crippen LogP contribution in [0.3, 0.4) is 0 Å². The Bertz CT molecular complexity index is 757. The molecule has 0 unspecified atom stereocenters. The summed E-state index contributed by atoms with van der Waals surface area (Å²) in [5, 5.41) is 6.05. The Labute approximate surface area is 114 Å². The van der Waals surface area contributed by atoms with Gasteiger partial charge in [-0.3, -0.25) is 4.79 Å². The molecule has 4 nitrogen and oxygen atoms in total. The summed E-state index contributed by atoms with van der Waals surface area (Å²) in [4.78, 5) is 16.3. The average molecular weight is 271 g/mol. The number of hydrogen-bond acceptors (Lipinski definition) is 3. The Hall–Kier alpha value is -2.14. The number of aromatic nitrogens is 2. The van der Waals surface area contributed by atoms with Gasteiger partial charge in [0, 0.05) is 23.6 Å². The van der Waals surface area contributed by atoms with Gasteiger partial charge in [0.2, 0.25) is 0 Å². The Balaban J connectivity index is 1.88. The van der Waals surface area contributed by atoms with E-state index in [0.29, 0.717) is 5.82 Å². The Kier molecular flexibility index (Phi) is 2.83. The van der Waals surface area contributed by atoms with E-state index in [0.717, 1.165) is 16.8 Å². The van der Waals surface area contributed by atoms with Gasteiger partial charge in [0.1, 0.15) is 0 Å². The van der Waals surface area contributed by atoms with E-state index in [2.05, 4.69) is 10.3 Å². The van der Waals surface area contributed by atoms with Gasteiger partial charge in [-0.2, -0.15) is 0 Å². The van der Waals surface area contributed by atoms with Crippen molar-refractivity contribution in [1.82, 2.24) is 9.55 Å². The Morgan fingerprint density at radius 2 is 2.21 bits per heavy atom. The Morgan fingerprint density at radius 3 is 2.95 bits per heavy atom. The molecule has 5 heteroatoms. The number of rotatable bonds is 2. The number of aryl methyl sites for hydroxylation is 2. The van der Waals surface area contributed by atoms with Crippen LogP contribution in [-0.4, -0.2) is 15.5 Å². The van der Waals surface area contributed by atoms with Crippen LogP contribution < -0.4 is 5.32 Å². The second kappa shape index (κ2) is 4.51. The quantitative estimate of drug-likeness (QED) is 0.778. The van der Waals surface area contributed by atoms with Gasteiger partial charge in [0.05, 0.1) is 5.69 Å². The summed E-state index contributed by atoms with van der Waals surface area (Å²) >= 11 is 1.69. The molecule has 19 heavy (non-hydrogen) atoms. The van der Waals surface area contributed by atoms with Gasteiger partial charge >= 0.3 is 0 Å². The highest BCUT2D eigenvalue weighted by Gasteiger charge is 2.12. The number of amides is 1. The fourth-order valence-corrected chi connectivity index (χ4v) is 2.83. The van der Waals surface area contributed by atoms with E-state index in [1.165, 1.54) is 4.70 Å². The minimum atomic E-state index is -0.190. The van der Waals surface area contributed by atoms with Gasteiger partial charge in [-0.25, -0.2) is 4.98 Å². The number of benzene rings is 1. The lowest BCUT2D eigenvalue weighted by Crippen LogP contribution is -2.16. The van der Waals surface area contributed by atoms with Crippen molar-refractivity contribution < 1.29 is 4.79 Å². The van der Waals surface area contributed by atoms with Gasteiger partial charge in [0.25, 0.3) is 5.91 Å².